The first-order chi connectivity index (χ1) is 28.3. The van der Waals surface area contributed by atoms with E-state index in [9.17, 15) is 0 Å². The standard InChI is InChI=1S/C53H38N4/c1-5-17-44-37(11-1)41-15-9-31-54-51(41)53(44)45-18-6-2-14-43(45)49-46(53)30-29-40-38-12-3-7-19-47(38)56(50(40)49)35-25-21-33(22-26-35)34-23-27-36(28-24-34)57-48-20-8-4-13-39(48)42-16-10-32-55-52(42)57/h1-3,6-12,14-16,18-32,43,45H,4-5,13,17H2. The Bertz CT molecular complexity index is 3180. The first-order valence-electron chi connectivity index (χ1n) is 20.4. The van der Waals surface area contributed by atoms with Gasteiger partial charge in [-0.1, -0.05) is 103 Å². The molecule has 4 heterocycles. The van der Waals surface area contributed by atoms with Crippen molar-refractivity contribution in [3.8, 4) is 22.5 Å². The van der Waals surface area contributed by atoms with Crippen LogP contribution >= 0.6 is 0 Å². The Hall–Kier alpha value is -6.78. The minimum atomic E-state index is -0.290. The molecule has 3 unspecified atom stereocenters. The van der Waals surface area contributed by atoms with Crippen LogP contribution in [0.25, 0.3) is 67.0 Å². The number of rotatable bonds is 3. The van der Waals surface area contributed by atoms with Gasteiger partial charge in [0.2, 0.25) is 0 Å². The van der Waals surface area contributed by atoms with Gasteiger partial charge in [0.05, 0.1) is 27.8 Å². The van der Waals surface area contributed by atoms with E-state index in [1.165, 1.54) is 83.2 Å². The van der Waals surface area contributed by atoms with Crippen molar-refractivity contribution in [3.63, 3.8) is 0 Å². The Morgan fingerprint density at radius 1 is 0.614 bits per heavy atom. The second-order valence-corrected chi connectivity index (χ2v) is 16.2. The Kier molecular flexibility index (Phi) is 6.41. The Morgan fingerprint density at radius 3 is 2.23 bits per heavy atom. The molecule has 5 aliphatic rings. The van der Waals surface area contributed by atoms with E-state index in [0.717, 1.165) is 37.0 Å². The van der Waals surface area contributed by atoms with Crippen molar-refractivity contribution >= 4 is 44.5 Å². The number of nitrogens with zero attached hydrogens (tertiary/aromatic N) is 4. The van der Waals surface area contributed by atoms with E-state index in [0.29, 0.717) is 0 Å². The van der Waals surface area contributed by atoms with E-state index >= 15 is 0 Å². The maximum atomic E-state index is 5.25. The predicted molar refractivity (Wildman–Crippen MR) is 233 cm³/mol. The molecule has 0 saturated carbocycles. The summed E-state index contributed by atoms with van der Waals surface area (Å²) < 4.78 is 4.87. The van der Waals surface area contributed by atoms with E-state index in [1.807, 2.05) is 12.4 Å². The fraction of sp³-hybridized carbons (Fsp3) is 0.132. The van der Waals surface area contributed by atoms with E-state index < -0.39 is 0 Å². The lowest BCUT2D eigenvalue weighted by atomic mass is 9.65. The van der Waals surface area contributed by atoms with Crippen LogP contribution in [-0.4, -0.2) is 19.1 Å². The van der Waals surface area contributed by atoms with Crippen LogP contribution in [0.3, 0.4) is 0 Å². The third-order valence-corrected chi connectivity index (χ3v) is 13.7. The van der Waals surface area contributed by atoms with Gasteiger partial charge in [0.15, 0.2) is 0 Å². The van der Waals surface area contributed by atoms with Crippen molar-refractivity contribution in [2.75, 3.05) is 0 Å². The molecule has 4 heteroatoms. The maximum absolute atomic E-state index is 5.25. The van der Waals surface area contributed by atoms with Gasteiger partial charge in [-0.25, -0.2) is 4.98 Å². The molecule has 57 heavy (non-hydrogen) atoms. The molecule has 0 amide bonds. The molecule has 4 nitrogen and oxygen atoms in total. The van der Waals surface area contributed by atoms with Gasteiger partial charge >= 0.3 is 0 Å². The van der Waals surface area contributed by atoms with Crippen molar-refractivity contribution in [2.45, 2.75) is 37.0 Å². The number of aryl methyl sites for hydroxylation is 1. The first kappa shape index (κ1) is 31.4. The van der Waals surface area contributed by atoms with Crippen LogP contribution in [0.2, 0.25) is 0 Å². The molecular formula is C53H38N4. The number of aromatic nitrogens is 4. The van der Waals surface area contributed by atoms with Gasteiger partial charge in [-0.05, 0) is 119 Å². The summed E-state index contributed by atoms with van der Waals surface area (Å²) in [4.78, 5) is 10.1. The predicted octanol–water partition coefficient (Wildman–Crippen LogP) is 12.4. The largest absolute Gasteiger partial charge is 0.309 e. The normalized spacial score (nSPS) is 21.1. The van der Waals surface area contributed by atoms with Crippen LogP contribution < -0.4 is 0 Å². The van der Waals surface area contributed by atoms with Gasteiger partial charge in [-0.15, -0.1) is 0 Å². The monoisotopic (exact) mass is 730 g/mol. The highest BCUT2D eigenvalue weighted by atomic mass is 15.1. The zero-order valence-corrected chi connectivity index (χ0v) is 31.4. The lowest BCUT2D eigenvalue weighted by molar-refractivity contribution is 0.435. The summed E-state index contributed by atoms with van der Waals surface area (Å²) >= 11 is 0. The van der Waals surface area contributed by atoms with Crippen molar-refractivity contribution in [1.82, 2.24) is 19.1 Å². The third kappa shape index (κ3) is 4.07. The Morgan fingerprint density at radius 2 is 1.35 bits per heavy atom. The number of pyridine rings is 2. The van der Waals surface area contributed by atoms with Gasteiger partial charge < -0.3 is 4.57 Å². The van der Waals surface area contributed by atoms with Crippen LogP contribution in [0.1, 0.15) is 58.8 Å². The highest BCUT2D eigenvalue weighted by molar-refractivity contribution is 6.11. The molecule has 0 bridgehead atoms. The fourth-order valence-electron chi connectivity index (χ4n) is 11.5. The Labute approximate surface area is 331 Å². The minimum absolute atomic E-state index is 0.232. The third-order valence-electron chi connectivity index (χ3n) is 13.7. The molecule has 4 aromatic carbocycles. The van der Waals surface area contributed by atoms with E-state index in [1.54, 1.807) is 5.57 Å². The van der Waals surface area contributed by atoms with Crippen LogP contribution in [0, 0.1) is 5.92 Å². The second kappa shape index (κ2) is 11.6. The van der Waals surface area contributed by atoms with Crippen molar-refractivity contribution in [2.24, 2.45) is 5.92 Å². The van der Waals surface area contributed by atoms with Crippen molar-refractivity contribution < 1.29 is 0 Å². The molecule has 3 atom stereocenters. The lowest BCUT2D eigenvalue weighted by Crippen LogP contribution is -2.35. The highest BCUT2D eigenvalue weighted by Gasteiger charge is 2.59. The molecule has 13 rings (SSSR count). The summed E-state index contributed by atoms with van der Waals surface area (Å²) in [5.74, 6) is 0.491. The van der Waals surface area contributed by atoms with E-state index in [2.05, 4.69) is 167 Å². The van der Waals surface area contributed by atoms with Gasteiger partial charge in [0.25, 0.3) is 0 Å². The van der Waals surface area contributed by atoms with Gasteiger partial charge in [-0.3, -0.25) is 9.55 Å². The molecule has 4 aromatic heterocycles. The maximum Gasteiger partial charge on any atom is 0.145 e. The Balaban J connectivity index is 0.970. The summed E-state index contributed by atoms with van der Waals surface area (Å²) in [5.41, 5.74) is 19.0. The molecular weight excluding hydrogens is 693 g/mol. The van der Waals surface area contributed by atoms with Gasteiger partial charge in [0.1, 0.15) is 5.65 Å². The first-order valence-corrected chi connectivity index (χ1v) is 20.4. The molecule has 0 N–H and O–H groups in total. The average Bonchev–Trinajstić information content (AvgIpc) is 3.99. The van der Waals surface area contributed by atoms with Crippen LogP contribution in [0.15, 0.2) is 170 Å². The number of fused-ring (bicyclic) bond motifs is 16. The molecule has 270 valence electrons. The smallest absolute Gasteiger partial charge is 0.145 e. The van der Waals surface area contributed by atoms with Crippen LogP contribution in [0.4, 0.5) is 0 Å². The summed E-state index contributed by atoms with van der Waals surface area (Å²) in [6.07, 6.45) is 26.9. The van der Waals surface area contributed by atoms with Crippen molar-refractivity contribution in [1.29, 1.82) is 0 Å². The summed E-state index contributed by atoms with van der Waals surface area (Å²) in [7, 11) is 0. The second-order valence-electron chi connectivity index (χ2n) is 16.2. The average molecular weight is 731 g/mol. The SMILES string of the molecule is C1=CC2c3c(ccc4c5ccccc5n(-c5ccc(-c6ccc(-n7c8c(c9cccnc97)CCC=C8)cc6)cc5)c34)C3(C4=C(C=CCC4)c4cccnc43)C2C=C1. The molecule has 8 aromatic rings. The number of hydrogen-bond acceptors (Lipinski definition) is 2. The highest BCUT2D eigenvalue weighted by Crippen LogP contribution is 2.66. The van der Waals surface area contributed by atoms with E-state index in [-0.39, 0.29) is 17.3 Å². The van der Waals surface area contributed by atoms with E-state index in [4.69, 9.17) is 9.97 Å². The number of para-hydroxylation sites is 1. The molecule has 5 aliphatic carbocycles. The number of hydrogen-bond donors (Lipinski definition) is 0. The van der Waals surface area contributed by atoms with Crippen LogP contribution in [-0.2, 0) is 11.8 Å². The van der Waals surface area contributed by atoms with Gasteiger partial charge in [-0.2, -0.15) is 0 Å². The molecule has 0 saturated heterocycles. The minimum Gasteiger partial charge on any atom is -0.309 e. The zero-order chi connectivity index (χ0) is 37.2. The zero-order valence-electron chi connectivity index (χ0n) is 31.4. The van der Waals surface area contributed by atoms with Gasteiger partial charge in [0, 0.05) is 57.3 Å². The molecule has 0 radical (unpaired) electrons. The quantitative estimate of drug-likeness (QED) is 0.181. The lowest BCUT2D eigenvalue weighted by Gasteiger charge is -2.37. The summed E-state index contributed by atoms with van der Waals surface area (Å²) in [5, 5.41) is 3.85. The molecule has 0 fully saturated rings. The summed E-state index contributed by atoms with van der Waals surface area (Å²) in [6.45, 7) is 0. The topological polar surface area (TPSA) is 35.6 Å². The van der Waals surface area contributed by atoms with Crippen LogP contribution in [0.5, 0.6) is 0 Å². The fourth-order valence-corrected chi connectivity index (χ4v) is 11.5. The molecule has 1 spiro atoms. The molecule has 0 aliphatic heterocycles. The summed E-state index contributed by atoms with van der Waals surface area (Å²) in [6, 6.07) is 40.7. The number of allylic oxidation sites excluding steroid dienone is 9. The van der Waals surface area contributed by atoms with Crippen molar-refractivity contribution in [3.05, 3.63) is 203 Å². The number of benzene rings is 4.